The van der Waals surface area contributed by atoms with Crippen LogP contribution in [0.25, 0.3) is 0 Å². The molecule has 1 unspecified atom stereocenters. The fraction of sp³-hybridized carbons (Fsp3) is 0.636. The van der Waals surface area contributed by atoms with Crippen LogP contribution in [0.5, 0.6) is 0 Å². The molecule has 1 aliphatic heterocycles. The van der Waals surface area contributed by atoms with E-state index in [0.717, 1.165) is 0 Å². The van der Waals surface area contributed by atoms with Gasteiger partial charge in [-0.25, -0.2) is 0 Å². The highest BCUT2D eigenvalue weighted by molar-refractivity contribution is 5.22. The summed E-state index contributed by atoms with van der Waals surface area (Å²) in [7, 11) is 2.16. The molecule has 0 radical (unpaired) electrons. The summed E-state index contributed by atoms with van der Waals surface area (Å²) in [4.78, 5) is 2.31. The van der Waals surface area contributed by atoms with Crippen molar-refractivity contribution in [1.29, 1.82) is 0 Å². The van der Waals surface area contributed by atoms with E-state index in [4.69, 9.17) is 0 Å². The Labute approximate surface area is 75.8 Å². The largest absolute Gasteiger partial charge is 0.374 e. The van der Waals surface area contributed by atoms with Gasteiger partial charge in [0.1, 0.15) is 0 Å². The molecule has 1 heteroatoms. The van der Waals surface area contributed by atoms with E-state index < -0.39 is 0 Å². The first kappa shape index (κ1) is 9.37. The number of hydrogen-bond acceptors (Lipinski definition) is 1. The maximum absolute atomic E-state index is 2.31. The SMILES string of the molecule is CCCC1=CC=CN(C)C1CC. The van der Waals surface area contributed by atoms with E-state index in [-0.39, 0.29) is 0 Å². The second-order valence-electron chi connectivity index (χ2n) is 3.42. The zero-order chi connectivity index (χ0) is 8.97. The highest BCUT2D eigenvalue weighted by Gasteiger charge is 2.15. The van der Waals surface area contributed by atoms with E-state index in [0.29, 0.717) is 6.04 Å². The first-order valence-corrected chi connectivity index (χ1v) is 4.88. The predicted molar refractivity (Wildman–Crippen MR) is 54.0 cm³/mol. The highest BCUT2D eigenvalue weighted by Crippen LogP contribution is 2.21. The van der Waals surface area contributed by atoms with Crippen molar-refractivity contribution in [3.63, 3.8) is 0 Å². The summed E-state index contributed by atoms with van der Waals surface area (Å²) < 4.78 is 0. The molecule has 0 spiro atoms. The normalized spacial score (nSPS) is 22.8. The molecule has 0 aromatic carbocycles. The second-order valence-corrected chi connectivity index (χ2v) is 3.42. The van der Waals surface area contributed by atoms with Crippen LogP contribution in [0.3, 0.4) is 0 Å². The Morgan fingerprint density at radius 2 is 2.17 bits per heavy atom. The van der Waals surface area contributed by atoms with Crippen LogP contribution >= 0.6 is 0 Å². The van der Waals surface area contributed by atoms with Crippen molar-refractivity contribution in [2.45, 2.75) is 39.2 Å². The van der Waals surface area contributed by atoms with Crippen LogP contribution in [-0.4, -0.2) is 18.0 Å². The number of likely N-dealkylation sites (N-methyl/N-ethyl adjacent to an activating group) is 1. The Morgan fingerprint density at radius 1 is 1.42 bits per heavy atom. The topological polar surface area (TPSA) is 3.24 Å². The lowest BCUT2D eigenvalue weighted by Gasteiger charge is -2.30. The highest BCUT2D eigenvalue weighted by atomic mass is 15.1. The Balaban J connectivity index is 2.67. The van der Waals surface area contributed by atoms with Crippen molar-refractivity contribution >= 4 is 0 Å². The quantitative estimate of drug-likeness (QED) is 0.621. The van der Waals surface area contributed by atoms with Gasteiger partial charge in [-0.3, -0.25) is 0 Å². The van der Waals surface area contributed by atoms with Crippen LogP contribution in [0.2, 0.25) is 0 Å². The van der Waals surface area contributed by atoms with E-state index >= 15 is 0 Å². The molecule has 1 heterocycles. The van der Waals surface area contributed by atoms with Crippen LogP contribution in [-0.2, 0) is 0 Å². The van der Waals surface area contributed by atoms with Gasteiger partial charge in [-0.2, -0.15) is 0 Å². The second kappa shape index (κ2) is 4.34. The minimum atomic E-state index is 0.648. The average Bonchev–Trinajstić information content (AvgIpc) is 2.05. The van der Waals surface area contributed by atoms with Crippen molar-refractivity contribution in [2.24, 2.45) is 0 Å². The first-order chi connectivity index (χ1) is 5.79. The zero-order valence-corrected chi connectivity index (χ0v) is 8.38. The van der Waals surface area contributed by atoms with Crippen LogP contribution in [0.15, 0.2) is 23.9 Å². The summed E-state index contributed by atoms with van der Waals surface area (Å²) in [6, 6.07) is 0.648. The van der Waals surface area contributed by atoms with Crippen LogP contribution in [0, 0.1) is 0 Å². The average molecular weight is 165 g/mol. The monoisotopic (exact) mass is 165 g/mol. The lowest BCUT2D eigenvalue weighted by Crippen LogP contribution is -2.30. The summed E-state index contributed by atoms with van der Waals surface area (Å²) in [5.41, 5.74) is 1.59. The summed E-state index contributed by atoms with van der Waals surface area (Å²) in [5.74, 6) is 0. The van der Waals surface area contributed by atoms with Gasteiger partial charge in [0.15, 0.2) is 0 Å². The molecule has 0 aromatic heterocycles. The van der Waals surface area contributed by atoms with Crippen LogP contribution in [0.4, 0.5) is 0 Å². The Kier molecular flexibility index (Phi) is 3.39. The third-order valence-electron chi connectivity index (χ3n) is 2.48. The minimum absolute atomic E-state index is 0.648. The first-order valence-electron chi connectivity index (χ1n) is 4.88. The van der Waals surface area contributed by atoms with E-state index in [1.807, 2.05) is 0 Å². The molecule has 68 valence electrons. The molecular weight excluding hydrogens is 146 g/mol. The van der Waals surface area contributed by atoms with Crippen molar-refractivity contribution in [3.05, 3.63) is 23.9 Å². The van der Waals surface area contributed by atoms with Crippen molar-refractivity contribution in [3.8, 4) is 0 Å². The lowest BCUT2D eigenvalue weighted by atomic mass is 9.97. The summed E-state index contributed by atoms with van der Waals surface area (Å²) >= 11 is 0. The van der Waals surface area contributed by atoms with Gasteiger partial charge >= 0.3 is 0 Å². The molecule has 0 aliphatic carbocycles. The fourth-order valence-corrected chi connectivity index (χ4v) is 1.87. The molecule has 1 atom stereocenters. The minimum Gasteiger partial charge on any atom is -0.374 e. The zero-order valence-electron chi connectivity index (χ0n) is 8.38. The molecule has 0 bridgehead atoms. The molecule has 0 saturated heterocycles. The Hall–Kier alpha value is -0.720. The van der Waals surface area contributed by atoms with Gasteiger partial charge in [0.2, 0.25) is 0 Å². The number of rotatable bonds is 3. The molecule has 0 amide bonds. The summed E-state index contributed by atoms with van der Waals surface area (Å²) in [5, 5.41) is 0. The van der Waals surface area contributed by atoms with Crippen molar-refractivity contribution in [1.82, 2.24) is 4.90 Å². The lowest BCUT2D eigenvalue weighted by molar-refractivity contribution is 0.348. The number of hydrogen-bond donors (Lipinski definition) is 0. The summed E-state index contributed by atoms with van der Waals surface area (Å²) in [6.07, 6.45) is 10.3. The van der Waals surface area contributed by atoms with E-state index in [1.54, 1.807) is 5.57 Å². The van der Waals surface area contributed by atoms with E-state index in [1.165, 1.54) is 19.3 Å². The van der Waals surface area contributed by atoms with E-state index in [2.05, 4.69) is 44.1 Å². The van der Waals surface area contributed by atoms with Crippen molar-refractivity contribution in [2.75, 3.05) is 7.05 Å². The predicted octanol–water partition coefficient (Wildman–Crippen LogP) is 2.95. The molecule has 0 fully saturated rings. The van der Waals surface area contributed by atoms with Gasteiger partial charge in [0, 0.05) is 13.1 Å². The Morgan fingerprint density at radius 3 is 2.75 bits per heavy atom. The maximum atomic E-state index is 2.31. The standard InChI is InChI=1S/C11H19N/c1-4-7-10-8-6-9-12(3)11(10)5-2/h6,8-9,11H,4-5,7H2,1-3H3. The smallest absolute Gasteiger partial charge is 0.0494 e. The molecule has 0 saturated carbocycles. The van der Waals surface area contributed by atoms with Gasteiger partial charge in [-0.05, 0) is 30.7 Å². The van der Waals surface area contributed by atoms with Gasteiger partial charge in [-0.1, -0.05) is 26.3 Å². The molecule has 1 rings (SSSR count). The molecule has 12 heavy (non-hydrogen) atoms. The third-order valence-corrected chi connectivity index (χ3v) is 2.48. The number of nitrogens with zero attached hydrogens (tertiary/aromatic N) is 1. The van der Waals surface area contributed by atoms with Crippen molar-refractivity contribution < 1.29 is 0 Å². The third kappa shape index (κ3) is 1.90. The van der Waals surface area contributed by atoms with Gasteiger partial charge in [-0.15, -0.1) is 0 Å². The van der Waals surface area contributed by atoms with Gasteiger partial charge < -0.3 is 4.90 Å². The fourth-order valence-electron chi connectivity index (χ4n) is 1.87. The molecular formula is C11H19N. The Bertz CT molecular complexity index is 191. The van der Waals surface area contributed by atoms with Gasteiger partial charge in [0.25, 0.3) is 0 Å². The molecule has 1 aliphatic rings. The summed E-state index contributed by atoms with van der Waals surface area (Å²) in [6.45, 7) is 4.50. The molecule has 1 nitrogen and oxygen atoms in total. The maximum Gasteiger partial charge on any atom is 0.0494 e. The van der Waals surface area contributed by atoms with E-state index in [9.17, 15) is 0 Å². The number of allylic oxidation sites excluding steroid dienone is 2. The molecule has 0 aromatic rings. The molecule has 0 N–H and O–H groups in total. The van der Waals surface area contributed by atoms with Gasteiger partial charge in [0.05, 0.1) is 0 Å². The van der Waals surface area contributed by atoms with Crippen LogP contribution < -0.4 is 0 Å². The van der Waals surface area contributed by atoms with Crippen LogP contribution in [0.1, 0.15) is 33.1 Å².